The van der Waals surface area contributed by atoms with Gasteiger partial charge >= 0.3 is 5.97 Å². The van der Waals surface area contributed by atoms with Gasteiger partial charge in [0.1, 0.15) is 5.75 Å². The second kappa shape index (κ2) is 5.20. The van der Waals surface area contributed by atoms with Crippen LogP contribution in [0.1, 0.15) is 18.1 Å². The maximum absolute atomic E-state index is 10.6. The van der Waals surface area contributed by atoms with Gasteiger partial charge in [-0.2, -0.15) is 0 Å². The zero-order valence-corrected chi connectivity index (χ0v) is 8.86. The van der Waals surface area contributed by atoms with Crippen molar-refractivity contribution in [1.82, 2.24) is 0 Å². The van der Waals surface area contributed by atoms with Crippen LogP contribution in [0.25, 0.3) is 6.08 Å². The van der Waals surface area contributed by atoms with Crippen molar-refractivity contribution in [1.29, 1.82) is 0 Å². The maximum Gasteiger partial charge on any atom is 0.307 e. The fraction of sp³-hybridized carbons (Fsp3) is 0.250. The second-order valence-corrected chi connectivity index (χ2v) is 3.14. The molecular formula is C12H14O3. The standard InChI is InChI=1S/C12H14O3/c1-3-4-9-5-6-10(8-12(13)14)11(7-9)15-2/h3-7H,8H2,1-2H3,(H,13,14). The molecule has 1 aromatic carbocycles. The van der Waals surface area contributed by atoms with Gasteiger partial charge in [-0.3, -0.25) is 4.79 Å². The van der Waals surface area contributed by atoms with Crippen molar-refractivity contribution in [2.45, 2.75) is 13.3 Å². The van der Waals surface area contributed by atoms with E-state index >= 15 is 0 Å². The molecule has 1 N–H and O–H groups in total. The summed E-state index contributed by atoms with van der Waals surface area (Å²) in [4.78, 5) is 10.6. The molecular weight excluding hydrogens is 192 g/mol. The van der Waals surface area contributed by atoms with Crippen molar-refractivity contribution in [3.8, 4) is 5.75 Å². The summed E-state index contributed by atoms with van der Waals surface area (Å²) in [5, 5.41) is 8.69. The van der Waals surface area contributed by atoms with Crippen molar-refractivity contribution in [2.24, 2.45) is 0 Å². The van der Waals surface area contributed by atoms with Crippen molar-refractivity contribution < 1.29 is 14.6 Å². The second-order valence-electron chi connectivity index (χ2n) is 3.14. The minimum absolute atomic E-state index is 0.0146. The lowest BCUT2D eigenvalue weighted by molar-refractivity contribution is -0.136. The summed E-state index contributed by atoms with van der Waals surface area (Å²) in [6, 6.07) is 5.49. The number of carboxylic acids is 1. The highest BCUT2D eigenvalue weighted by Crippen LogP contribution is 2.21. The molecule has 0 fully saturated rings. The van der Waals surface area contributed by atoms with E-state index in [1.54, 1.807) is 13.2 Å². The molecule has 0 saturated carbocycles. The molecule has 0 radical (unpaired) electrons. The summed E-state index contributed by atoms with van der Waals surface area (Å²) < 4.78 is 5.14. The smallest absolute Gasteiger partial charge is 0.307 e. The Morgan fingerprint density at radius 3 is 2.80 bits per heavy atom. The third-order valence-corrected chi connectivity index (χ3v) is 2.01. The summed E-state index contributed by atoms with van der Waals surface area (Å²) in [7, 11) is 1.54. The van der Waals surface area contributed by atoms with Crippen molar-refractivity contribution in [3.05, 3.63) is 35.4 Å². The first-order chi connectivity index (χ1) is 7.17. The van der Waals surface area contributed by atoms with E-state index in [-0.39, 0.29) is 6.42 Å². The minimum atomic E-state index is -0.855. The van der Waals surface area contributed by atoms with E-state index in [2.05, 4.69) is 0 Å². The van der Waals surface area contributed by atoms with Crippen molar-refractivity contribution >= 4 is 12.0 Å². The summed E-state index contributed by atoms with van der Waals surface area (Å²) >= 11 is 0. The Kier molecular flexibility index (Phi) is 3.92. The SMILES string of the molecule is CC=Cc1ccc(CC(=O)O)c(OC)c1. The molecule has 0 aliphatic heterocycles. The van der Waals surface area contributed by atoms with Crippen LogP contribution >= 0.6 is 0 Å². The van der Waals surface area contributed by atoms with E-state index in [1.807, 2.05) is 31.2 Å². The summed E-state index contributed by atoms with van der Waals surface area (Å²) in [6.45, 7) is 1.93. The molecule has 0 bridgehead atoms. The molecule has 0 heterocycles. The number of hydrogen-bond donors (Lipinski definition) is 1. The average molecular weight is 206 g/mol. The predicted molar refractivity (Wildman–Crippen MR) is 59.0 cm³/mol. The third-order valence-electron chi connectivity index (χ3n) is 2.01. The highest BCUT2D eigenvalue weighted by molar-refractivity contribution is 5.71. The lowest BCUT2D eigenvalue weighted by Gasteiger charge is -2.07. The fourth-order valence-corrected chi connectivity index (χ4v) is 1.37. The maximum atomic E-state index is 10.6. The molecule has 1 aromatic rings. The van der Waals surface area contributed by atoms with Crippen LogP contribution in [0.4, 0.5) is 0 Å². The number of hydrogen-bond acceptors (Lipinski definition) is 2. The first-order valence-corrected chi connectivity index (χ1v) is 4.68. The molecule has 0 amide bonds. The van der Waals surface area contributed by atoms with Gasteiger partial charge in [0.25, 0.3) is 0 Å². The quantitative estimate of drug-likeness (QED) is 0.822. The molecule has 0 spiro atoms. The van der Waals surface area contributed by atoms with Crippen LogP contribution in [0.3, 0.4) is 0 Å². The zero-order chi connectivity index (χ0) is 11.3. The highest BCUT2D eigenvalue weighted by Gasteiger charge is 2.07. The van der Waals surface area contributed by atoms with Gasteiger partial charge in [0.15, 0.2) is 0 Å². The first-order valence-electron chi connectivity index (χ1n) is 4.68. The van der Waals surface area contributed by atoms with E-state index in [0.717, 1.165) is 5.56 Å². The number of carbonyl (C=O) groups is 1. The molecule has 80 valence electrons. The van der Waals surface area contributed by atoms with E-state index in [0.29, 0.717) is 11.3 Å². The number of benzene rings is 1. The van der Waals surface area contributed by atoms with Crippen LogP contribution in [0, 0.1) is 0 Å². The van der Waals surface area contributed by atoms with Crippen molar-refractivity contribution in [3.63, 3.8) is 0 Å². The van der Waals surface area contributed by atoms with Gasteiger partial charge in [-0.1, -0.05) is 24.3 Å². The molecule has 0 aromatic heterocycles. The lowest BCUT2D eigenvalue weighted by Crippen LogP contribution is -2.02. The molecule has 3 heteroatoms. The normalized spacial score (nSPS) is 10.5. The van der Waals surface area contributed by atoms with Crippen LogP contribution in [-0.2, 0) is 11.2 Å². The van der Waals surface area contributed by atoms with Crippen LogP contribution < -0.4 is 4.74 Å². The summed E-state index contributed by atoms with van der Waals surface area (Å²) in [6.07, 6.45) is 3.85. The topological polar surface area (TPSA) is 46.5 Å². The fourth-order valence-electron chi connectivity index (χ4n) is 1.37. The Morgan fingerprint density at radius 1 is 1.53 bits per heavy atom. The molecule has 1 rings (SSSR count). The number of methoxy groups -OCH3 is 1. The average Bonchev–Trinajstić information content (AvgIpc) is 2.20. The molecule has 0 aliphatic carbocycles. The zero-order valence-electron chi connectivity index (χ0n) is 8.86. The van der Waals surface area contributed by atoms with E-state index < -0.39 is 5.97 Å². The summed E-state index contributed by atoms with van der Waals surface area (Å²) in [5.41, 5.74) is 1.70. The number of allylic oxidation sites excluding steroid dienone is 1. The monoisotopic (exact) mass is 206 g/mol. The lowest BCUT2D eigenvalue weighted by atomic mass is 10.1. The minimum Gasteiger partial charge on any atom is -0.496 e. The van der Waals surface area contributed by atoms with Gasteiger partial charge in [-0.05, 0) is 18.6 Å². The van der Waals surface area contributed by atoms with Gasteiger partial charge in [-0.25, -0.2) is 0 Å². The molecule has 0 saturated heterocycles. The molecule has 15 heavy (non-hydrogen) atoms. The molecule has 0 aliphatic rings. The Hall–Kier alpha value is -1.77. The van der Waals surface area contributed by atoms with Crippen LogP contribution in [-0.4, -0.2) is 18.2 Å². The van der Waals surface area contributed by atoms with Gasteiger partial charge in [0.2, 0.25) is 0 Å². The Bertz CT molecular complexity index is 380. The van der Waals surface area contributed by atoms with Crippen LogP contribution in [0.5, 0.6) is 5.75 Å². The molecule has 0 atom stereocenters. The first kappa shape index (κ1) is 11.3. The highest BCUT2D eigenvalue weighted by atomic mass is 16.5. The molecule has 0 unspecified atom stereocenters. The number of carboxylic acid groups (broad SMARTS) is 1. The van der Waals surface area contributed by atoms with Gasteiger partial charge in [-0.15, -0.1) is 0 Å². The predicted octanol–water partition coefficient (Wildman–Crippen LogP) is 2.36. The van der Waals surface area contributed by atoms with Gasteiger partial charge in [0.05, 0.1) is 13.5 Å². The Morgan fingerprint density at radius 2 is 2.27 bits per heavy atom. The van der Waals surface area contributed by atoms with E-state index in [9.17, 15) is 4.79 Å². The van der Waals surface area contributed by atoms with Crippen molar-refractivity contribution in [2.75, 3.05) is 7.11 Å². The van der Waals surface area contributed by atoms with E-state index in [4.69, 9.17) is 9.84 Å². The van der Waals surface area contributed by atoms with Gasteiger partial charge < -0.3 is 9.84 Å². The number of rotatable bonds is 4. The summed E-state index contributed by atoms with van der Waals surface area (Å²) in [5.74, 6) is -0.236. The van der Waals surface area contributed by atoms with Crippen LogP contribution in [0.2, 0.25) is 0 Å². The number of aliphatic carboxylic acids is 1. The van der Waals surface area contributed by atoms with E-state index in [1.165, 1.54) is 0 Å². The van der Waals surface area contributed by atoms with Crippen LogP contribution in [0.15, 0.2) is 24.3 Å². The Balaban J connectivity index is 3.03. The van der Waals surface area contributed by atoms with Gasteiger partial charge in [0, 0.05) is 5.56 Å². The Labute approximate surface area is 89.0 Å². The number of ether oxygens (including phenoxy) is 1. The molecule has 3 nitrogen and oxygen atoms in total. The third kappa shape index (κ3) is 3.13. The largest absolute Gasteiger partial charge is 0.496 e.